The summed E-state index contributed by atoms with van der Waals surface area (Å²) in [6.45, 7) is 4.16. The van der Waals surface area contributed by atoms with Gasteiger partial charge in [0.1, 0.15) is 11.0 Å². The number of amides is 1. The topological polar surface area (TPSA) is 81.1 Å². The van der Waals surface area contributed by atoms with E-state index in [0.29, 0.717) is 16.6 Å². The average molecular weight is 424 g/mol. The minimum absolute atomic E-state index is 0.117. The van der Waals surface area contributed by atoms with Crippen molar-refractivity contribution < 1.29 is 9.53 Å². The molecule has 0 radical (unpaired) electrons. The van der Waals surface area contributed by atoms with E-state index in [1.54, 1.807) is 7.11 Å². The minimum atomic E-state index is -0.427. The number of fused-ring (bicyclic) bond motifs is 1. The number of anilines is 1. The predicted molar refractivity (Wildman–Crippen MR) is 119 cm³/mol. The number of benzene rings is 2. The molecule has 0 bridgehead atoms. The molecule has 0 aliphatic carbocycles. The number of rotatable bonds is 6. The molecular formula is C22H25N5O2S. The van der Waals surface area contributed by atoms with E-state index in [4.69, 9.17) is 4.74 Å². The highest BCUT2D eigenvalue weighted by atomic mass is 32.2. The molecule has 2 heterocycles. The predicted octanol–water partition coefficient (Wildman–Crippen LogP) is 3.95. The summed E-state index contributed by atoms with van der Waals surface area (Å²) < 4.78 is 7.30. The van der Waals surface area contributed by atoms with Crippen LogP contribution in [-0.4, -0.2) is 33.1 Å². The molecule has 0 unspecified atom stereocenters. The Morgan fingerprint density at radius 3 is 2.70 bits per heavy atom. The minimum Gasteiger partial charge on any atom is -0.495 e. The van der Waals surface area contributed by atoms with Gasteiger partial charge in [0.15, 0.2) is 5.82 Å². The molecule has 2 atom stereocenters. The molecule has 7 nitrogen and oxygen atoms in total. The van der Waals surface area contributed by atoms with E-state index in [-0.39, 0.29) is 11.9 Å². The molecule has 8 heteroatoms. The first-order chi connectivity index (χ1) is 14.6. The van der Waals surface area contributed by atoms with E-state index in [2.05, 4.69) is 59.1 Å². The lowest BCUT2D eigenvalue weighted by Gasteiger charge is -2.33. The summed E-state index contributed by atoms with van der Waals surface area (Å²) in [5, 5.41) is 11.9. The zero-order valence-corrected chi connectivity index (χ0v) is 18.1. The number of ether oxygens (including phenoxy) is 1. The van der Waals surface area contributed by atoms with Gasteiger partial charge in [-0.3, -0.25) is 4.79 Å². The molecule has 0 fully saturated rings. The summed E-state index contributed by atoms with van der Waals surface area (Å²) in [5.41, 5.74) is 6.35. The highest BCUT2D eigenvalue weighted by Gasteiger charge is 2.38. The van der Waals surface area contributed by atoms with Crippen molar-refractivity contribution in [3.8, 4) is 5.75 Å². The molecule has 156 valence electrons. The number of methoxy groups -OCH3 is 1. The lowest BCUT2D eigenvalue weighted by molar-refractivity contribution is -0.116. The van der Waals surface area contributed by atoms with E-state index in [0.717, 1.165) is 24.2 Å². The van der Waals surface area contributed by atoms with E-state index in [9.17, 15) is 4.79 Å². The van der Waals surface area contributed by atoms with Crippen molar-refractivity contribution in [3.63, 3.8) is 0 Å². The van der Waals surface area contributed by atoms with Gasteiger partial charge in [0.05, 0.1) is 18.8 Å². The Bertz CT molecular complexity index is 1030. The number of thioether (sulfide) groups is 1. The fraction of sp³-hybridized carbons (Fsp3) is 0.318. The third kappa shape index (κ3) is 4.00. The smallest absolute Gasteiger partial charge is 0.240 e. The van der Waals surface area contributed by atoms with Crippen LogP contribution in [0.4, 0.5) is 5.69 Å². The Hall–Kier alpha value is -3.00. The average Bonchev–Trinajstić information content (AvgIpc) is 3.16. The number of aryl methyl sites for hydroxylation is 2. The lowest BCUT2D eigenvalue weighted by Crippen LogP contribution is -2.41. The van der Waals surface area contributed by atoms with Gasteiger partial charge in [-0.2, -0.15) is 0 Å². The number of carbonyl (C=O) groups excluding carboxylic acids is 1. The maximum absolute atomic E-state index is 13.3. The molecule has 1 amide bonds. The molecule has 0 saturated heterocycles. The summed E-state index contributed by atoms with van der Waals surface area (Å²) in [4.78, 5) is 13.3. The van der Waals surface area contributed by atoms with E-state index < -0.39 is 5.25 Å². The van der Waals surface area contributed by atoms with E-state index in [1.165, 1.54) is 17.3 Å². The zero-order chi connectivity index (χ0) is 21.1. The molecule has 2 aromatic carbocycles. The maximum atomic E-state index is 13.3. The van der Waals surface area contributed by atoms with Crippen LogP contribution in [0.5, 0.6) is 5.75 Å². The molecule has 3 aromatic rings. The van der Waals surface area contributed by atoms with Crippen LogP contribution in [0.25, 0.3) is 0 Å². The van der Waals surface area contributed by atoms with Crippen molar-refractivity contribution in [2.45, 2.75) is 43.1 Å². The third-order valence-corrected chi connectivity index (χ3v) is 6.25. The molecule has 2 N–H and O–H groups in total. The van der Waals surface area contributed by atoms with Gasteiger partial charge in [-0.1, -0.05) is 60.6 Å². The van der Waals surface area contributed by atoms with Gasteiger partial charge in [0.25, 0.3) is 0 Å². The van der Waals surface area contributed by atoms with Crippen LogP contribution in [0.1, 0.15) is 36.3 Å². The van der Waals surface area contributed by atoms with E-state index in [1.807, 2.05) is 28.9 Å². The molecule has 0 saturated carbocycles. The Balaban J connectivity index is 1.67. The van der Waals surface area contributed by atoms with Crippen molar-refractivity contribution in [2.75, 3.05) is 17.9 Å². The number of nitrogens with zero attached hydrogens (tertiary/aromatic N) is 3. The summed E-state index contributed by atoms with van der Waals surface area (Å²) in [6, 6.07) is 15.4. The largest absolute Gasteiger partial charge is 0.495 e. The summed E-state index contributed by atoms with van der Waals surface area (Å²) in [7, 11) is 1.59. The quantitative estimate of drug-likeness (QED) is 0.625. The van der Waals surface area contributed by atoms with Crippen LogP contribution in [0.15, 0.2) is 53.7 Å². The number of para-hydroxylation sites is 2. The van der Waals surface area contributed by atoms with Crippen LogP contribution in [0, 0.1) is 6.92 Å². The second kappa shape index (κ2) is 8.79. The number of carbonyl (C=O) groups is 1. The number of hydrogen-bond donors (Lipinski definition) is 2. The van der Waals surface area contributed by atoms with Gasteiger partial charge in [0, 0.05) is 6.42 Å². The standard InChI is InChI=1S/C22H25N5O2S/c1-4-7-18-24-25-22-27(18)26-19(15-12-10-14(2)11-13-15)20(30-22)21(28)23-16-8-5-6-9-17(16)29-3/h5-6,8-13,19-20,26H,4,7H2,1-3H3,(H,23,28)/t19-,20+/m1/s1. The lowest BCUT2D eigenvalue weighted by atomic mass is 10.0. The van der Waals surface area contributed by atoms with Gasteiger partial charge in [0.2, 0.25) is 11.1 Å². The summed E-state index contributed by atoms with van der Waals surface area (Å²) in [5.74, 6) is 1.38. The van der Waals surface area contributed by atoms with Crippen molar-refractivity contribution in [3.05, 3.63) is 65.5 Å². The Labute approximate surface area is 180 Å². The van der Waals surface area contributed by atoms with Gasteiger partial charge < -0.3 is 15.5 Å². The molecule has 4 rings (SSSR count). The van der Waals surface area contributed by atoms with E-state index >= 15 is 0 Å². The highest BCUT2D eigenvalue weighted by molar-refractivity contribution is 8.00. The number of aromatic nitrogens is 3. The SMILES string of the molecule is CCCc1nnc2n1N[C@H](c1ccc(C)cc1)[C@@H](C(=O)Nc1ccccc1OC)S2. The van der Waals surface area contributed by atoms with Crippen molar-refractivity contribution in [1.29, 1.82) is 0 Å². The number of nitrogens with one attached hydrogen (secondary N) is 2. The van der Waals surface area contributed by atoms with Crippen molar-refractivity contribution in [2.24, 2.45) is 0 Å². The third-order valence-electron chi connectivity index (χ3n) is 5.04. The maximum Gasteiger partial charge on any atom is 0.240 e. The van der Waals surface area contributed by atoms with Crippen LogP contribution in [-0.2, 0) is 11.2 Å². The van der Waals surface area contributed by atoms with Crippen molar-refractivity contribution >= 4 is 23.4 Å². The normalized spacial score (nSPS) is 17.7. The van der Waals surface area contributed by atoms with Gasteiger partial charge in [-0.25, -0.2) is 4.68 Å². The van der Waals surface area contributed by atoms with Crippen LogP contribution >= 0.6 is 11.8 Å². The van der Waals surface area contributed by atoms with Crippen molar-refractivity contribution in [1.82, 2.24) is 14.9 Å². The second-order valence-electron chi connectivity index (χ2n) is 7.23. The molecule has 30 heavy (non-hydrogen) atoms. The molecular weight excluding hydrogens is 398 g/mol. The second-order valence-corrected chi connectivity index (χ2v) is 8.34. The Morgan fingerprint density at radius 1 is 1.20 bits per heavy atom. The number of hydrogen-bond acceptors (Lipinski definition) is 6. The molecule has 1 aliphatic heterocycles. The van der Waals surface area contributed by atoms with Crippen LogP contribution < -0.4 is 15.5 Å². The summed E-state index contributed by atoms with van der Waals surface area (Å²) >= 11 is 1.43. The summed E-state index contributed by atoms with van der Waals surface area (Å²) in [6.07, 6.45) is 1.79. The van der Waals surface area contributed by atoms with Crippen LogP contribution in [0.2, 0.25) is 0 Å². The molecule has 0 spiro atoms. The molecule has 1 aliphatic rings. The molecule has 1 aromatic heterocycles. The fourth-order valence-electron chi connectivity index (χ4n) is 3.46. The first kappa shape index (κ1) is 20.3. The first-order valence-electron chi connectivity index (χ1n) is 9.98. The Kier molecular flexibility index (Phi) is 5.94. The van der Waals surface area contributed by atoms with Gasteiger partial charge in [-0.05, 0) is 31.0 Å². The van der Waals surface area contributed by atoms with Crippen LogP contribution in [0.3, 0.4) is 0 Å². The monoisotopic (exact) mass is 423 g/mol. The Morgan fingerprint density at radius 2 is 1.97 bits per heavy atom. The first-order valence-corrected chi connectivity index (χ1v) is 10.9. The van der Waals surface area contributed by atoms with Gasteiger partial charge >= 0.3 is 0 Å². The highest BCUT2D eigenvalue weighted by Crippen LogP contribution is 2.38. The van der Waals surface area contributed by atoms with Gasteiger partial charge in [-0.15, -0.1) is 10.2 Å². The zero-order valence-electron chi connectivity index (χ0n) is 17.3. The fourth-order valence-corrected chi connectivity index (χ4v) is 4.56.